The summed E-state index contributed by atoms with van der Waals surface area (Å²) >= 11 is 0. The van der Waals surface area contributed by atoms with Gasteiger partial charge in [0.05, 0.1) is 4.92 Å². The smallest absolute Gasteiger partial charge is 0.326 e. The van der Waals surface area contributed by atoms with Gasteiger partial charge in [-0.3, -0.25) is 14.9 Å². The van der Waals surface area contributed by atoms with Gasteiger partial charge in [0, 0.05) is 17.7 Å². The molecule has 0 aliphatic rings. The number of nitrogens with zero attached hydrogens (tertiary/aromatic N) is 1. The van der Waals surface area contributed by atoms with E-state index in [9.17, 15) is 19.7 Å². The highest BCUT2D eigenvalue weighted by molar-refractivity contribution is 5.98. The highest BCUT2D eigenvalue weighted by atomic mass is 16.6. The van der Waals surface area contributed by atoms with E-state index in [2.05, 4.69) is 5.32 Å². The molecule has 0 fully saturated rings. The van der Waals surface area contributed by atoms with Gasteiger partial charge in [-0.15, -0.1) is 0 Å². The van der Waals surface area contributed by atoms with Crippen LogP contribution in [0.5, 0.6) is 0 Å². The van der Waals surface area contributed by atoms with Gasteiger partial charge in [0.25, 0.3) is 11.6 Å². The molecule has 0 aromatic heterocycles. The Bertz CT molecular complexity index is 556. The monoisotopic (exact) mass is 294 g/mol. The van der Waals surface area contributed by atoms with Crippen LogP contribution in [0.4, 0.5) is 5.69 Å². The van der Waals surface area contributed by atoms with E-state index in [0.29, 0.717) is 18.4 Å². The maximum absolute atomic E-state index is 12.1. The number of non-ortho nitro benzene ring substituents is 1. The number of hydrogen-bond donors (Lipinski definition) is 2. The van der Waals surface area contributed by atoms with Crippen molar-refractivity contribution < 1.29 is 19.6 Å². The fourth-order valence-electron chi connectivity index (χ4n) is 1.87. The molecule has 21 heavy (non-hydrogen) atoms. The second kappa shape index (κ2) is 7.37. The number of nitro groups is 1. The zero-order chi connectivity index (χ0) is 16.0. The average molecular weight is 294 g/mol. The molecule has 114 valence electrons. The Morgan fingerprint density at radius 3 is 2.62 bits per heavy atom. The number of benzene rings is 1. The fraction of sp³-hybridized carbons (Fsp3) is 0.429. The van der Waals surface area contributed by atoms with Crippen molar-refractivity contribution in [3.8, 4) is 0 Å². The first kappa shape index (κ1) is 16.6. The van der Waals surface area contributed by atoms with Gasteiger partial charge >= 0.3 is 5.97 Å². The second-order valence-electron chi connectivity index (χ2n) is 4.76. The molecule has 2 N–H and O–H groups in total. The van der Waals surface area contributed by atoms with Gasteiger partial charge in [-0.05, 0) is 18.9 Å². The van der Waals surface area contributed by atoms with Crippen molar-refractivity contribution in [2.75, 3.05) is 0 Å². The molecule has 1 amide bonds. The summed E-state index contributed by atoms with van der Waals surface area (Å²) in [7, 11) is 0. The molecule has 0 spiro atoms. The summed E-state index contributed by atoms with van der Waals surface area (Å²) in [5.74, 6) is -1.72. The van der Waals surface area contributed by atoms with Crippen molar-refractivity contribution >= 4 is 17.6 Å². The van der Waals surface area contributed by atoms with E-state index in [4.69, 9.17) is 5.11 Å². The van der Waals surface area contributed by atoms with E-state index in [1.807, 2.05) is 6.92 Å². The Kier molecular flexibility index (Phi) is 5.83. The van der Waals surface area contributed by atoms with Crippen LogP contribution in [0.1, 0.15) is 42.1 Å². The van der Waals surface area contributed by atoms with Gasteiger partial charge < -0.3 is 10.4 Å². The molecule has 1 rings (SSSR count). The van der Waals surface area contributed by atoms with Crippen LogP contribution in [0.25, 0.3) is 0 Å². The van der Waals surface area contributed by atoms with Gasteiger partial charge in [-0.1, -0.05) is 25.8 Å². The van der Waals surface area contributed by atoms with Gasteiger partial charge in [0.1, 0.15) is 6.04 Å². The quantitative estimate of drug-likeness (QED) is 0.592. The lowest BCUT2D eigenvalue weighted by Gasteiger charge is -2.15. The lowest BCUT2D eigenvalue weighted by Crippen LogP contribution is -2.41. The number of hydrogen-bond acceptors (Lipinski definition) is 4. The minimum absolute atomic E-state index is 0.118. The Labute approximate surface area is 122 Å². The van der Waals surface area contributed by atoms with E-state index in [-0.39, 0.29) is 11.3 Å². The van der Waals surface area contributed by atoms with Crippen molar-refractivity contribution in [2.24, 2.45) is 0 Å². The molecule has 0 unspecified atom stereocenters. The summed E-state index contributed by atoms with van der Waals surface area (Å²) in [4.78, 5) is 33.4. The first-order valence-electron chi connectivity index (χ1n) is 6.65. The van der Waals surface area contributed by atoms with Crippen LogP contribution in [0, 0.1) is 17.0 Å². The molecule has 0 saturated heterocycles. The van der Waals surface area contributed by atoms with Crippen molar-refractivity contribution in [3.63, 3.8) is 0 Å². The van der Waals surface area contributed by atoms with E-state index >= 15 is 0 Å². The number of aliphatic carboxylic acids is 1. The molecule has 0 aliphatic carbocycles. The lowest BCUT2D eigenvalue weighted by molar-refractivity contribution is -0.384. The van der Waals surface area contributed by atoms with Crippen LogP contribution in [0.15, 0.2) is 18.2 Å². The molecular weight excluding hydrogens is 276 g/mol. The standard InChI is InChI=1S/C14H18N2O5/c1-3-4-5-12(14(18)19)15-13(17)11-8-10(16(20)21)7-6-9(11)2/h6-8,12H,3-5H2,1-2H3,(H,15,17)(H,18,19)/t12-/m0/s1. The minimum atomic E-state index is -1.11. The number of carboxylic acids is 1. The molecular formula is C14H18N2O5. The molecule has 0 bridgehead atoms. The van der Waals surface area contributed by atoms with Crippen LogP contribution in [-0.2, 0) is 4.79 Å². The largest absolute Gasteiger partial charge is 0.480 e. The van der Waals surface area contributed by atoms with Crippen molar-refractivity contribution in [2.45, 2.75) is 39.2 Å². The molecule has 0 heterocycles. The maximum Gasteiger partial charge on any atom is 0.326 e. The number of carbonyl (C=O) groups is 2. The molecule has 7 nitrogen and oxygen atoms in total. The Morgan fingerprint density at radius 2 is 2.10 bits per heavy atom. The third-order valence-corrected chi connectivity index (χ3v) is 3.13. The minimum Gasteiger partial charge on any atom is -0.480 e. The summed E-state index contributed by atoms with van der Waals surface area (Å²) in [5, 5.41) is 22.2. The van der Waals surface area contributed by atoms with Crippen molar-refractivity contribution in [1.82, 2.24) is 5.32 Å². The Morgan fingerprint density at radius 1 is 1.43 bits per heavy atom. The Hall–Kier alpha value is -2.44. The average Bonchev–Trinajstić information content (AvgIpc) is 2.42. The number of nitro benzene ring substituents is 1. The molecule has 0 radical (unpaired) electrons. The SMILES string of the molecule is CCCC[C@H](NC(=O)c1cc([N+](=O)[O-])ccc1C)C(=O)O. The van der Waals surface area contributed by atoms with Crippen LogP contribution in [-0.4, -0.2) is 27.9 Å². The summed E-state index contributed by atoms with van der Waals surface area (Å²) in [6, 6.07) is 2.94. The topological polar surface area (TPSA) is 110 Å². The van der Waals surface area contributed by atoms with E-state index in [1.54, 1.807) is 6.92 Å². The number of nitrogens with one attached hydrogen (secondary N) is 1. The number of aryl methyl sites for hydroxylation is 1. The summed E-state index contributed by atoms with van der Waals surface area (Å²) < 4.78 is 0. The molecule has 1 aromatic carbocycles. The number of rotatable bonds is 7. The summed E-state index contributed by atoms with van der Waals surface area (Å²) in [6.07, 6.45) is 1.81. The van der Waals surface area contributed by atoms with Crippen LogP contribution < -0.4 is 5.32 Å². The first-order valence-corrected chi connectivity index (χ1v) is 6.65. The van der Waals surface area contributed by atoms with E-state index in [1.165, 1.54) is 12.1 Å². The van der Waals surface area contributed by atoms with E-state index in [0.717, 1.165) is 12.5 Å². The molecule has 0 saturated carbocycles. The van der Waals surface area contributed by atoms with Gasteiger partial charge in [0.15, 0.2) is 0 Å². The Balaban J connectivity index is 2.94. The van der Waals surface area contributed by atoms with Gasteiger partial charge in [-0.2, -0.15) is 0 Å². The second-order valence-corrected chi connectivity index (χ2v) is 4.76. The van der Waals surface area contributed by atoms with Gasteiger partial charge in [-0.25, -0.2) is 4.79 Å². The van der Waals surface area contributed by atoms with Crippen molar-refractivity contribution in [3.05, 3.63) is 39.4 Å². The first-order chi connectivity index (χ1) is 9.86. The molecule has 1 atom stereocenters. The number of carbonyl (C=O) groups excluding carboxylic acids is 1. The van der Waals surface area contributed by atoms with Crippen LogP contribution >= 0.6 is 0 Å². The number of carboxylic acid groups (broad SMARTS) is 1. The van der Waals surface area contributed by atoms with Crippen molar-refractivity contribution in [1.29, 1.82) is 0 Å². The predicted molar refractivity (Wildman–Crippen MR) is 76.2 cm³/mol. The zero-order valence-corrected chi connectivity index (χ0v) is 12.0. The number of amides is 1. The summed E-state index contributed by atoms with van der Waals surface area (Å²) in [6.45, 7) is 3.56. The lowest BCUT2D eigenvalue weighted by atomic mass is 10.1. The molecule has 7 heteroatoms. The highest BCUT2D eigenvalue weighted by Gasteiger charge is 2.22. The third-order valence-electron chi connectivity index (χ3n) is 3.13. The zero-order valence-electron chi connectivity index (χ0n) is 12.0. The predicted octanol–water partition coefficient (Wildman–Crippen LogP) is 2.28. The number of unbranched alkanes of at least 4 members (excludes halogenated alkanes) is 1. The van der Waals surface area contributed by atoms with Crippen LogP contribution in [0.2, 0.25) is 0 Å². The third kappa shape index (κ3) is 4.55. The highest BCUT2D eigenvalue weighted by Crippen LogP contribution is 2.17. The molecule has 0 aliphatic heterocycles. The maximum atomic E-state index is 12.1. The molecule has 1 aromatic rings. The van der Waals surface area contributed by atoms with Gasteiger partial charge in [0.2, 0.25) is 0 Å². The fourth-order valence-corrected chi connectivity index (χ4v) is 1.87. The normalized spacial score (nSPS) is 11.7. The van der Waals surface area contributed by atoms with Crippen LogP contribution in [0.3, 0.4) is 0 Å². The van der Waals surface area contributed by atoms with E-state index < -0.39 is 22.8 Å². The summed E-state index contributed by atoms with van der Waals surface area (Å²) in [5.41, 5.74) is 0.468.